The third-order valence-electron chi connectivity index (χ3n) is 2.91. The van der Waals surface area contributed by atoms with Crippen molar-refractivity contribution < 1.29 is 9.90 Å². The van der Waals surface area contributed by atoms with Gasteiger partial charge < -0.3 is 15.7 Å². The summed E-state index contributed by atoms with van der Waals surface area (Å²) in [6.45, 7) is 0.430. The first-order chi connectivity index (χ1) is 9.47. The molecule has 0 bridgehead atoms. The van der Waals surface area contributed by atoms with Gasteiger partial charge in [-0.3, -0.25) is 4.79 Å². The number of hydrogen-bond donors (Lipinski definition) is 2. The number of anilines is 1. The lowest BCUT2D eigenvalue weighted by atomic mass is 10.1. The largest absolute Gasteiger partial charge is 0.507 e. The third-order valence-corrected chi connectivity index (χ3v) is 3.40. The summed E-state index contributed by atoms with van der Waals surface area (Å²) in [4.78, 5) is 13.8. The van der Waals surface area contributed by atoms with Gasteiger partial charge in [-0.1, -0.05) is 28.1 Å². The van der Waals surface area contributed by atoms with Gasteiger partial charge in [0.2, 0.25) is 0 Å². The number of benzene rings is 2. The maximum absolute atomic E-state index is 12.3. The molecule has 0 radical (unpaired) electrons. The van der Waals surface area contributed by atoms with Crippen molar-refractivity contribution in [3.63, 3.8) is 0 Å². The van der Waals surface area contributed by atoms with Crippen LogP contribution in [0.5, 0.6) is 5.75 Å². The van der Waals surface area contributed by atoms with Crippen molar-refractivity contribution in [3.8, 4) is 5.75 Å². The lowest BCUT2D eigenvalue weighted by Gasteiger charge is -2.18. The van der Waals surface area contributed by atoms with Gasteiger partial charge in [0.05, 0.1) is 5.56 Å². The Morgan fingerprint density at radius 3 is 2.70 bits per heavy atom. The molecule has 4 nitrogen and oxygen atoms in total. The third kappa shape index (κ3) is 3.30. The second-order valence-electron chi connectivity index (χ2n) is 4.57. The molecule has 1 amide bonds. The highest BCUT2D eigenvalue weighted by atomic mass is 79.9. The Labute approximate surface area is 126 Å². The van der Waals surface area contributed by atoms with Crippen LogP contribution in [-0.2, 0) is 6.54 Å². The number of carbonyl (C=O) groups excluding carboxylic acids is 1. The van der Waals surface area contributed by atoms with E-state index in [1.807, 2.05) is 18.2 Å². The predicted molar refractivity (Wildman–Crippen MR) is 82.5 cm³/mol. The topological polar surface area (TPSA) is 66.6 Å². The quantitative estimate of drug-likeness (QED) is 0.848. The molecule has 0 aliphatic rings. The zero-order valence-electron chi connectivity index (χ0n) is 11.0. The normalized spacial score (nSPS) is 10.3. The minimum atomic E-state index is -0.238. The molecule has 0 saturated heterocycles. The standard InChI is InChI=1S/C15H15BrN2O2/c1-18(9-10-3-2-4-12(17)7-10)15(20)13-6-5-11(16)8-14(13)19/h2-8,19H,9,17H2,1H3. The van der Waals surface area contributed by atoms with Crippen LogP contribution in [-0.4, -0.2) is 23.0 Å². The number of phenolic OH excluding ortho intramolecular Hbond substituents is 1. The van der Waals surface area contributed by atoms with Crippen LogP contribution in [0.1, 0.15) is 15.9 Å². The van der Waals surface area contributed by atoms with E-state index in [9.17, 15) is 9.90 Å². The lowest BCUT2D eigenvalue weighted by molar-refractivity contribution is 0.0782. The van der Waals surface area contributed by atoms with Crippen LogP contribution >= 0.6 is 15.9 Å². The van der Waals surface area contributed by atoms with E-state index in [1.165, 1.54) is 11.0 Å². The summed E-state index contributed by atoms with van der Waals surface area (Å²) < 4.78 is 0.727. The van der Waals surface area contributed by atoms with E-state index in [-0.39, 0.29) is 17.2 Å². The second kappa shape index (κ2) is 5.96. The molecule has 104 valence electrons. The molecule has 2 rings (SSSR count). The van der Waals surface area contributed by atoms with Gasteiger partial charge in [-0.2, -0.15) is 0 Å². The minimum Gasteiger partial charge on any atom is -0.507 e. The van der Waals surface area contributed by atoms with Crippen LogP contribution in [0.2, 0.25) is 0 Å². The van der Waals surface area contributed by atoms with Gasteiger partial charge in [-0.05, 0) is 35.9 Å². The molecule has 0 aliphatic heterocycles. The first-order valence-electron chi connectivity index (χ1n) is 6.06. The van der Waals surface area contributed by atoms with Crippen LogP contribution in [0.15, 0.2) is 46.9 Å². The number of phenols is 1. The molecule has 0 heterocycles. The SMILES string of the molecule is CN(Cc1cccc(N)c1)C(=O)c1ccc(Br)cc1O. The summed E-state index contributed by atoms with van der Waals surface area (Å²) in [5.41, 5.74) is 7.60. The number of amides is 1. The Hall–Kier alpha value is -2.01. The Balaban J connectivity index is 2.16. The van der Waals surface area contributed by atoms with Crippen molar-refractivity contribution in [3.05, 3.63) is 58.1 Å². The van der Waals surface area contributed by atoms with Gasteiger partial charge in [0.1, 0.15) is 5.75 Å². The highest BCUT2D eigenvalue weighted by Crippen LogP contribution is 2.23. The van der Waals surface area contributed by atoms with Crippen molar-refractivity contribution in [2.45, 2.75) is 6.54 Å². The molecule has 0 unspecified atom stereocenters. The molecule has 20 heavy (non-hydrogen) atoms. The predicted octanol–water partition coefficient (Wildman–Crippen LogP) is 3.01. The van der Waals surface area contributed by atoms with E-state index in [0.29, 0.717) is 12.2 Å². The van der Waals surface area contributed by atoms with Crippen LogP contribution in [0.4, 0.5) is 5.69 Å². The van der Waals surface area contributed by atoms with Gasteiger partial charge in [-0.15, -0.1) is 0 Å². The fourth-order valence-electron chi connectivity index (χ4n) is 1.93. The fraction of sp³-hybridized carbons (Fsp3) is 0.133. The molecule has 0 aliphatic carbocycles. The zero-order chi connectivity index (χ0) is 14.7. The minimum absolute atomic E-state index is 0.0381. The molecular weight excluding hydrogens is 320 g/mol. The molecule has 0 saturated carbocycles. The number of rotatable bonds is 3. The molecule has 0 fully saturated rings. The van der Waals surface area contributed by atoms with Crippen LogP contribution in [0.25, 0.3) is 0 Å². The van der Waals surface area contributed by atoms with Crippen LogP contribution in [0, 0.1) is 0 Å². The molecule has 2 aromatic rings. The summed E-state index contributed by atoms with van der Waals surface area (Å²) in [6, 6.07) is 12.2. The highest BCUT2D eigenvalue weighted by Gasteiger charge is 2.16. The number of hydrogen-bond acceptors (Lipinski definition) is 3. The number of nitrogens with zero attached hydrogens (tertiary/aromatic N) is 1. The zero-order valence-corrected chi connectivity index (χ0v) is 12.6. The number of carbonyl (C=O) groups is 1. The Morgan fingerprint density at radius 1 is 1.30 bits per heavy atom. The molecule has 0 atom stereocenters. The lowest BCUT2D eigenvalue weighted by Crippen LogP contribution is -2.26. The summed E-state index contributed by atoms with van der Waals surface area (Å²) in [6.07, 6.45) is 0. The van der Waals surface area contributed by atoms with Gasteiger partial charge in [0.15, 0.2) is 0 Å². The summed E-state index contributed by atoms with van der Waals surface area (Å²) >= 11 is 3.25. The van der Waals surface area contributed by atoms with Crippen molar-refractivity contribution in [1.82, 2.24) is 4.90 Å². The number of nitrogen functional groups attached to an aromatic ring is 1. The molecule has 2 aromatic carbocycles. The first kappa shape index (κ1) is 14.4. The number of halogens is 1. The molecule has 5 heteroatoms. The first-order valence-corrected chi connectivity index (χ1v) is 6.85. The van der Waals surface area contributed by atoms with Crippen molar-refractivity contribution in [2.75, 3.05) is 12.8 Å². The average Bonchev–Trinajstić information content (AvgIpc) is 2.38. The average molecular weight is 335 g/mol. The summed E-state index contributed by atoms with van der Waals surface area (Å²) in [7, 11) is 1.69. The molecule has 0 aromatic heterocycles. The molecular formula is C15H15BrN2O2. The maximum Gasteiger partial charge on any atom is 0.257 e. The Morgan fingerprint density at radius 2 is 2.05 bits per heavy atom. The molecule has 0 spiro atoms. The smallest absolute Gasteiger partial charge is 0.257 e. The second-order valence-corrected chi connectivity index (χ2v) is 5.48. The van der Waals surface area contributed by atoms with E-state index in [0.717, 1.165) is 10.0 Å². The van der Waals surface area contributed by atoms with Crippen molar-refractivity contribution in [2.24, 2.45) is 0 Å². The van der Waals surface area contributed by atoms with Crippen molar-refractivity contribution >= 4 is 27.5 Å². The summed E-state index contributed by atoms with van der Waals surface area (Å²) in [5.74, 6) is -0.277. The Bertz CT molecular complexity index is 644. The van der Waals surface area contributed by atoms with Gasteiger partial charge in [0.25, 0.3) is 5.91 Å². The number of nitrogens with two attached hydrogens (primary N) is 1. The Kier molecular flexibility index (Phi) is 4.29. The maximum atomic E-state index is 12.3. The van der Waals surface area contributed by atoms with Gasteiger partial charge in [-0.25, -0.2) is 0 Å². The summed E-state index contributed by atoms with van der Waals surface area (Å²) in [5, 5.41) is 9.82. The van der Waals surface area contributed by atoms with E-state index >= 15 is 0 Å². The highest BCUT2D eigenvalue weighted by molar-refractivity contribution is 9.10. The van der Waals surface area contributed by atoms with E-state index in [2.05, 4.69) is 15.9 Å². The van der Waals surface area contributed by atoms with E-state index in [1.54, 1.807) is 25.2 Å². The van der Waals surface area contributed by atoms with Gasteiger partial charge in [0, 0.05) is 23.8 Å². The van der Waals surface area contributed by atoms with Crippen LogP contribution < -0.4 is 5.73 Å². The van der Waals surface area contributed by atoms with E-state index < -0.39 is 0 Å². The monoisotopic (exact) mass is 334 g/mol. The van der Waals surface area contributed by atoms with Crippen molar-refractivity contribution in [1.29, 1.82) is 0 Å². The molecule has 3 N–H and O–H groups in total. The van der Waals surface area contributed by atoms with E-state index in [4.69, 9.17) is 5.73 Å². The van der Waals surface area contributed by atoms with Gasteiger partial charge >= 0.3 is 0 Å². The fourth-order valence-corrected chi connectivity index (χ4v) is 2.28. The van der Waals surface area contributed by atoms with Crippen LogP contribution in [0.3, 0.4) is 0 Å². The number of aromatic hydroxyl groups is 1.